The largest absolute Gasteiger partial charge is 0.382 e. The van der Waals surface area contributed by atoms with Gasteiger partial charge >= 0.3 is 0 Å². The van der Waals surface area contributed by atoms with E-state index >= 15 is 0 Å². The Morgan fingerprint density at radius 3 is 1.77 bits per heavy atom. The molecule has 0 unspecified atom stereocenters. The molecule has 1 aliphatic rings. The molecule has 26 heavy (non-hydrogen) atoms. The van der Waals surface area contributed by atoms with Crippen LogP contribution in [-0.4, -0.2) is 11.7 Å². The van der Waals surface area contributed by atoms with Crippen molar-refractivity contribution in [2.24, 2.45) is 10.8 Å². The Bertz CT molecular complexity index is 804. The number of benzene rings is 2. The van der Waals surface area contributed by atoms with Crippen molar-refractivity contribution < 1.29 is 4.79 Å². The SMILES string of the molecule is Cc1ccc(CSC(SCc2ccc(C)cc2)=C2C(=O)NN=C2N)cc1. The van der Waals surface area contributed by atoms with E-state index in [0.717, 1.165) is 15.7 Å². The number of amides is 1. The number of hydrogen-bond donors (Lipinski definition) is 2. The smallest absolute Gasteiger partial charge is 0.276 e. The summed E-state index contributed by atoms with van der Waals surface area (Å²) in [5, 5.41) is 3.86. The molecule has 0 radical (unpaired) electrons. The second kappa shape index (κ2) is 8.47. The number of nitrogens with one attached hydrogen (secondary N) is 1. The van der Waals surface area contributed by atoms with Crippen LogP contribution in [0.15, 0.2) is 63.4 Å². The van der Waals surface area contributed by atoms with Crippen molar-refractivity contribution in [3.8, 4) is 0 Å². The Morgan fingerprint density at radius 2 is 1.38 bits per heavy atom. The third-order valence-electron chi connectivity index (χ3n) is 3.95. The van der Waals surface area contributed by atoms with E-state index < -0.39 is 0 Å². The van der Waals surface area contributed by atoms with Crippen molar-refractivity contribution in [2.45, 2.75) is 25.4 Å². The van der Waals surface area contributed by atoms with E-state index in [2.05, 4.69) is 72.9 Å². The van der Waals surface area contributed by atoms with Crippen molar-refractivity contribution in [3.05, 3.63) is 80.6 Å². The third-order valence-corrected chi connectivity index (χ3v) is 6.54. The maximum Gasteiger partial charge on any atom is 0.276 e. The highest BCUT2D eigenvalue weighted by Gasteiger charge is 2.25. The summed E-state index contributed by atoms with van der Waals surface area (Å²) in [6, 6.07) is 16.8. The van der Waals surface area contributed by atoms with E-state index in [1.54, 1.807) is 23.5 Å². The number of carbonyl (C=O) groups is 1. The fourth-order valence-electron chi connectivity index (χ4n) is 2.39. The van der Waals surface area contributed by atoms with Gasteiger partial charge in [-0.3, -0.25) is 4.79 Å². The van der Waals surface area contributed by atoms with Gasteiger partial charge in [-0.2, -0.15) is 5.10 Å². The van der Waals surface area contributed by atoms with Gasteiger partial charge in [0, 0.05) is 11.5 Å². The molecule has 2 aromatic rings. The Morgan fingerprint density at radius 1 is 0.923 bits per heavy atom. The molecule has 2 aromatic carbocycles. The molecule has 6 heteroatoms. The highest BCUT2D eigenvalue weighted by atomic mass is 32.2. The van der Waals surface area contributed by atoms with Gasteiger partial charge in [0.25, 0.3) is 5.91 Å². The molecule has 1 amide bonds. The first-order valence-electron chi connectivity index (χ1n) is 8.28. The number of rotatable bonds is 6. The van der Waals surface area contributed by atoms with Crippen LogP contribution in [0.25, 0.3) is 0 Å². The normalized spacial score (nSPS) is 13.5. The zero-order chi connectivity index (χ0) is 18.5. The molecule has 4 nitrogen and oxygen atoms in total. The summed E-state index contributed by atoms with van der Waals surface area (Å²) in [6.07, 6.45) is 0. The maximum absolute atomic E-state index is 12.1. The minimum Gasteiger partial charge on any atom is -0.382 e. The maximum atomic E-state index is 12.1. The lowest BCUT2D eigenvalue weighted by atomic mass is 10.2. The Kier molecular flexibility index (Phi) is 6.06. The summed E-state index contributed by atoms with van der Waals surface area (Å²) in [5.74, 6) is 1.59. The summed E-state index contributed by atoms with van der Waals surface area (Å²) in [4.78, 5) is 12.1. The van der Waals surface area contributed by atoms with E-state index in [1.165, 1.54) is 22.3 Å². The zero-order valence-electron chi connectivity index (χ0n) is 14.8. The van der Waals surface area contributed by atoms with Crippen LogP contribution in [0.1, 0.15) is 22.3 Å². The molecule has 0 fully saturated rings. The Hall–Kier alpha value is -2.18. The number of amidine groups is 1. The standard InChI is InChI=1S/C20H21N3OS2/c1-13-3-7-15(8-4-13)11-25-20(17-18(21)22-23-19(17)24)26-12-16-9-5-14(2)6-10-16/h3-10H,11-12H2,1-2H3,(H2,21,22)(H,23,24). The average molecular weight is 384 g/mol. The number of thioether (sulfide) groups is 2. The third kappa shape index (κ3) is 4.71. The van der Waals surface area contributed by atoms with Gasteiger partial charge in [0.05, 0.1) is 4.24 Å². The highest BCUT2D eigenvalue weighted by molar-refractivity contribution is 8.21. The van der Waals surface area contributed by atoms with E-state index in [9.17, 15) is 4.79 Å². The monoisotopic (exact) mass is 383 g/mol. The predicted molar refractivity (Wildman–Crippen MR) is 112 cm³/mol. The molecule has 134 valence electrons. The Balaban J connectivity index is 1.77. The fraction of sp³-hybridized carbons (Fsp3) is 0.200. The quantitative estimate of drug-likeness (QED) is 0.738. The highest BCUT2D eigenvalue weighted by Crippen LogP contribution is 2.37. The first-order valence-corrected chi connectivity index (χ1v) is 10.2. The van der Waals surface area contributed by atoms with Gasteiger partial charge in [-0.1, -0.05) is 59.7 Å². The van der Waals surface area contributed by atoms with Crippen LogP contribution in [-0.2, 0) is 16.3 Å². The predicted octanol–water partition coefficient (Wildman–Crippen LogP) is 4.08. The van der Waals surface area contributed by atoms with E-state index in [4.69, 9.17) is 5.73 Å². The summed E-state index contributed by atoms with van der Waals surface area (Å²) in [7, 11) is 0. The molecule has 0 bridgehead atoms. The van der Waals surface area contributed by atoms with Crippen LogP contribution in [0.2, 0.25) is 0 Å². The number of nitrogens with two attached hydrogens (primary N) is 1. The van der Waals surface area contributed by atoms with Crippen LogP contribution < -0.4 is 11.2 Å². The molecule has 0 aliphatic carbocycles. The molecule has 0 spiro atoms. The van der Waals surface area contributed by atoms with E-state index in [-0.39, 0.29) is 11.7 Å². The molecule has 0 saturated heterocycles. The number of carbonyl (C=O) groups excluding carboxylic acids is 1. The van der Waals surface area contributed by atoms with Crippen molar-refractivity contribution in [3.63, 3.8) is 0 Å². The zero-order valence-corrected chi connectivity index (χ0v) is 16.4. The fourth-order valence-corrected chi connectivity index (χ4v) is 4.74. The van der Waals surface area contributed by atoms with E-state index in [0.29, 0.717) is 5.57 Å². The molecule has 1 heterocycles. The molecular formula is C20H21N3OS2. The molecule has 3 rings (SSSR count). The van der Waals surface area contributed by atoms with Crippen LogP contribution >= 0.6 is 23.5 Å². The average Bonchev–Trinajstić information content (AvgIpc) is 2.97. The molecular weight excluding hydrogens is 362 g/mol. The van der Waals surface area contributed by atoms with Crippen molar-refractivity contribution in [1.29, 1.82) is 0 Å². The summed E-state index contributed by atoms with van der Waals surface area (Å²) >= 11 is 3.26. The molecule has 1 aliphatic heterocycles. The minimum atomic E-state index is -0.231. The van der Waals surface area contributed by atoms with Crippen LogP contribution in [0, 0.1) is 13.8 Å². The van der Waals surface area contributed by atoms with Gasteiger partial charge in [-0.05, 0) is 25.0 Å². The number of hydrazone groups is 1. The van der Waals surface area contributed by atoms with Crippen LogP contribution in [0.4, 0.5) is 0 Å². The molecule has 0 atom stereocenters. The minimum absolute atomic E-state index is 0.231. The van der Waals surface area contributed by atoms with Crippen molar-refractivity contribution >= 4 is 35.3 Å². The van der Waals surface area contributed by atoms with Crippen molar-refractivity contribution in [2.75, 3.05) is 0 Å². The van der Waals surface area contributed by atoms with Gasteiger partial charge in [-0.25, -0.2) is 5.43 Å². The lowest BCUT2D eigenvalue weighted by Gasteiger charge is -2.11. The molecule has 0 aromatic heterocycles. The molecule has 0 saturated carbocycles. The van der Waals surface area contributed by atoms with Gasteiger partial charge in [0.2, 0.25) is 0 Å². The topological polar surface area (TPSA) is 67.5 Å². The lowest BCUT2D eigenvalue weighted by molar-refractivity contribution is -0.116. The van der Waals surface area contributed by atoms with Crippen molar-refractivity contribution in [1.82, 2.24) is 5.43 Å². The van der Waals surface area contributed by atoms with Gasteiger partial charge in [0.1, 0.15) is 5.57 Å². The number of aryl methyl sites for hydroxylation is 2. The molecule has 3 N–H and O–H groups in total. The van der Waals surface area contributed by atoms with Gasteiger partial charge in [-0.15, -0.1) is 23.5 Å². The first kappa shape index (κ1) is 18.6. The lowest BCUT2D eigenvalue weighted by Crippen LogP contribution is -2.18. The van der Waals surface area contributed by atoms with E-state index in [1.807, 2.05) is 0 Å². The van der Waals surface area contributed by atoms with Crippen LogP contribution in [0.3, 0.4) is 0 Å². The number of nitrogens with zero attached hydrogens (tertiary/aromatic N) is 1. The second-order valence-corrected chi connectivity index (χ2v) is 8.38. The Labute approximate surface area is 162 Å². The van der Waals surface area contributed by atoms with Gasteiger partial charge < -0.3 is 5.73 Å². The first-order chi connectivity index (χ1) is 12.5. The van der Waals surface area contributed by atoms with Crippen LogP contribution in [0.5, 0.6) is 0 Å². The second-order valence-electron chi connectivity index (χ2n) is 6.15. The number of hydrogen-bond acceptors (Lipinski definition) is 5. The summed E-state index contributed by atoms with van der Waals surface area (Å²) < 4.78 is 0.905. The van der Waals surface area contributed by atoms with Gasteiger partial charge in [0.15, 0.2) is 5.84 Å². The summed E-state index contributed by atoms with van der Waals surface area (Å²) in [6.45, 7) is 4.14. The summed E-state index contributed by atoms with van der Waals surface area (Å²) in [5.41, 5.74) is 13.8.